The SMILES string of the molecule is CCCCCCCC/C=C\CCCCCCCCCC(=O)O[C@H](COC(=O)CCCCCC[C@H]1C(=O)C[C@@H](O)[C@@H]1/C=C/[C@@H](O)CCCCC)COP(=O)(O)OC[C@@H](O)COP(=O)(O)O. The van der Waals surface area contributed by atoms with Gasteiger partial charge in [-0.15, -0.1) is 0 Å². The first-order valence-corrected chi connectivity index (χ1v) is 27.2. The number of esters is 2. The maximum Gasteiger partial charge on any atom is 0.472 e. The van der Waals surface area contributed by atoms with Crippen LogP contribution in [-0.4, -0.2) is 98.6 Å². The molecule has 1 fully saturated rings. The number of rotatable bonds is 42. The van der Waals surface area contributed by atoms with E-state index in [4.69, 9.17) is 23.8 Å². The number of aliphatic hydroxyl groups is 3. The smallest absolute Gasteiger partial charge is 0.462 e. The molecular formula is C46H84O16P2. The van der Waals surface area contributed by atoms with Gasteiger partial charge in [0.25, 0.3) is 0 Å². The number of hydrogen-bond donors (Lipinski definition) is 6. The second kappa shape index (κ2) is 37.2. The summed E-state index contributed by atoms with van der Waals surface area (Å²) < 4.78 is 47.9. The molecule has 0 aromatic heterocycles. The van der Waals surface area contributed by atoms with Gasteiger partial charge < -0.3 is 39.5 Å². The Morgan fingerprint density at radius 3 is 1.80 bits per heavy atom. The number of ether oxygens (including phenoxy) is 2. The Hall–Kier alpha value is -1.81. The summed E-state index contributed by atoms with van der Waals surface area (Å²) in [4.78, 5) is 65.6. The highest BCUT2D eigenvalue weighted by molar-refractivity contribution is 7.47. The van der Waals surface area contributed by atoms with Crippen LogP contribution in [0, 0.1) is 11.8 Å². The lowest BCUT2D eigenvalue weighted by Gasteiger charge is -2.20. The molecule has 0 aliphatic heterocycles. The monoisotopic (exact) mass is 955 g/mol. The van der Waals surface area contributed by atoms with Gasteiger partial charge in [0.1, 0.15) is 18.5 Å². The van der Waals surface area contributed by atoms with Crippen molar-refractivity contribution in [2.24, 2.45) is 11.8 Å². The standard InChI is InChI=1S/C46H84O16P2/c1-3-5-7-8-9-10-11-12-13-14-15-16-17-18-19-20-26-30-46(52)62-40(37-61-64(56,57)60-35-39(48)34-59-63(53,54)55)36-58-45(51)29-25-22-21-24-28-41-42(44(50)33-43(41)49)32-31-38(47)27-23-6-4-2/h12-13,31-32,38-42,44,47-48,50H,3-11,14-30,33-37H2,1-2H3,(H,56,57)(H2,53,54,55)/b13-12-,32-31+/t38-,39-,40+,41+,42+,44+/m0/s1. The molecule has 6 N–H and O–H groups in total. The summed E-state index contributed by atoms with van der Waals surface area (Å²) in [5.74, 6) is -1.83. The molecule has 64 heavy (non-hydrogen) atoms. The highest BCUT2D eigenvalue weighted by Gasteiger charge is 2.39. The fraction of sp³-hybridized carbons (Fsp3) is 0.848. The average Bonchev–Trinajstić information content (AvgIpc) is 3.51. The summed E-state index contributed by atoms with van der Waals surface area (Å²) in [6.45, 7) is 1.41. The Morgan fingerprint density at radius 1 is 0.672 bits per heavy atom. The molecule has 1 saturated carbocycles. The molecule has 0 bridgehead atoms. The van der Waals surface area contributed by atoms with Crippen LogP contribution in [0.4, 0.5) is 0 Å². The maximum atomic E-state index is 12.7. The summed E-state index contributed by atoms with van der Waals surface area (Å²) in [7, 11) is -9.76. The first-order valence-electron chi connectivity index (χ1n) is 24.1. The van der Waals surface area contributed by atoms with E-state index < -0.39 is 78.4 Å². The number of phosphoric acid groups is 2. The summed E-state index contributed by atoms with van der Waals surface area (Å²) in [6, 6.07) is 0. The molecule has 0 aromatic carbocycles. The zero-order valence-corrected chi connectivity index (χ0v) is 40.6. The summed E-state index contributed by atoms with van der Waals surface area (Å²) in [5.41, 5.74) is 0. The van der Waals surface area contributed by atoms with Gasteiger partial charge in [0.2, 0.25) is 0 Å². The molecule has 1 rings (SSSR count). The number of unbranched alkanes of at least 4 members (excludes halogenated alkanes) is 18. The van der Waals surface area contributed by atoms with Gasteiger partial charge in [-0.25, -0.2) is 9.13 Å². The summed E-state index contributed by atoms with van der Waals surface area (Å²) in [5, 5.41) is 30.5. The van der Waals surface area contributed by atoms with E-state index in [1.165, 1.54) is 38.5 Å². The van der Waals surface area contributed by atoms with Gasteiger partial charge in [0.15, 0.2) is 6.10 Å². The number of phosphoric ester groups is 2. The van der Waals surface area contributed by atoms with Crippen LogP contribution in [0.2, 0.25) is 0 Å². The van der Waals surface area contributed by atoms with Crippen LogP contribution in [0.3, 0.4) is 0 Å². The molecule has 0 aromatic rings. The van der Waals surface area contributed by atoms with E-state index in [9.17, 15) is 43.7 Å². The van der Waals surface area contributed by atoms with Gasteiger partial charge in [0, 0.05) is 31.1 Å². The minimum atomic E-state index is -4.90. The van der Waals surface area contributed by atoms with Crippen LogP contribution in [0.15, 0.2) is 24.3 Å². The molecular weight excluding hydrogens is 870 g/mol. The topological polar surface area (TPSA) is 253 Å². The van der Waals surface area contributed by atoms with Crippen molar-refractivity contribution in [2.45, 2.75) is 212 Å². The van der Waals surface area contributed by atoms with Crippen molar-refractivity contribution < 1.29 is 76.6 Å². The second-order valence-corrected chi connectivity index (χ2v) is 19.9. The normalized spacial score (nSPS) is 19.3. The van der Waals surface area contributed by atoms with Crippen molar-refractivity contribution in [1.29, 1.82) is 0 Å². The maximum absolute atomic E-state index is 12.7. The van der Waals surface area contributed by atoms with Crippen molar-refractivity contribution in [2.75, 3.05) is 26.4 Å². The van der Waals surface area contributed by atoms with E-state index in [-0.39, 0.29) is 36.9 Å². The minimum absolute atomic E-state index is 0.0123. The van der Waals surface area contributed by atoms with Crippen LogP contribution < -0.4 is 0 Å². The predicted octanol–water partition coefficient (Wildman–Crippen LogP) is 9.27. The predicted molar refractivity (Wildman–Crippen MR) is 245 cm³/mol. The summed E-state index contributed by atoms with van der Waals surface area (Å²) in [6.07, 6.45) is 27.8. The Morgan fingerprint density at radius 2 is 1.19 bits per heavy atom. The molecule has 0 amide bonds. The Balaban J connectivity index is 2.49. The lowest BCUT2D eigenvalue weighted by atomic mass is 9.88. The van der Waals surface area contributed by atoms with E-state index in [1.807, 2.05) is 0 Å². The average molecular weight is 955 g/mol. The number of allylic oxidation sites excluding steroid dienone is 2. The van der Waals surface area contributed by atoms with Gasteiger partial charge in [-0.05, 0) is 51.4 Å². The molecule has 1 unspecified atom stereocenters. The minimum Gasteiger partial charge on any atom is -0.462 e. The van der Waals surface area contributed by atoms with Gasteiger partial charge >= 0.3 is 27.6 Å². The Bertz CT molecular complexity index is 1390. The molecule has 0 heterocycles. The molecule has 374 valence electrons. The van der Waals surface area contributed by atoms with Crippen molar-refractivity contribution in [3.8, 4) is 0 Å². The van der Waals surface area contributed by atoms with Crippen LogP contribution in [0.1, 0.15) is 187 Å². The van der Waals surface area contributed by atoms with Gasteiger partial charge in [-0.1, -0.05) is 141 Å². The van der Waals surface area contributed by atoms with Crippen LogP contribution >= 0.6 is 15.6 Å². The lowest BCUT2D eigenvalue weighted by Crippen LogP contribution is -2.30. The first-order chi connectivity index (χ1) is 30.6. The van der Waals surface area contributed by atoms with Crippen molar-refractivity contribution in [1.82, 2.24) is 0 Å². The molecule has 7 atom stereocenters. The van der Waals surface area contributed by atoms with E-state index >= 15 is 0 Å². The molecule has 18 heteroatoms. The Labute approximate surface area is 383 Å². The van der Waals surface area contributed by atoms with Crippen LogP contribution in [0.25, 0.3) is 0 Å². The van der Waals surface area contributed by atoms with E-state index in [1.54, 1.807) is 12.2 Å². The lowest BCUT2D eigenvalue weighted by molar-refractivity contribution is -0.161. The number of hydrogen-bond acceptors (Lipinski definition) is 13. The van der Waals surface area contributed by atoms with Crippen LogP contribution in [-0.2, 0) is 46.6 Å². The zero-order valence-electron chi connectivity index (χ0n) is 38.9. The largest absolute Gasteiger partial charge is 0.472 e. The molecule has 0 spiro atoms. The molecule has 1 aliphatic carbocycles. The molecule has 1 aliphatic rings. The number of carbonyl (C=O) groups is 3. The zero-order chi connectivity index (χ0) is 47.5. The van der Waals surface area contributed by atoms with E-state index in [0.717, 1.165) is 77.0 Å². The highest BCUT2D eigenvalue weighted by Crippen LogP contribution is 2.44. The molecule has 0 saturated heterocycles. The molecule has 0 radical (unpaired) electrons. The third-order valence-corrected chi connectivity index (χ3v) is 12.6. The van der Waals surface area contributed by atoms with Crippen molar-refractivity contribution >= 4 is 33.4 Å². The third kappa shape index (κ3) is 33.6. The van der Waals surface area contributed by atoms with E-state index in [2.05, 4.69) is 35.0 Å². The number of ketones is 1. The Kier molecular flexibility index (Phi) is 35.0. The highest BCUT2D eigenvalue weighted by atomic mass is 31.2. The second-order valence-electron chi connectivity index (χ2n) is 17.2. The van der Waals surface area contributed by atoms with Gasteiger partial charge in [0.05, 0.1) is 32.0 Å². The fourth-order valence-electron chi connectivity index (χ4n) is 7.47. The van der Waals surface area contributed by atoms with E-state index in [0.29, 0.717) is 38.5 Å². The van der Waals surface area contributed by atoms with Gasteiger partial charge in [-0.3, -0.25) is 28.0 Å². The van der Waals surface area contributed by atoms with Gasteiger partial charge in [-0.2, -0.15) is 0 Å². The number of carbonyl (C=O) groups excluding carboxylic acids is 3. The van der Waals surface area contributed by atoms with Crippen molar-refractivity contribution in [3.63, 3.8) is 0 Å². The number of aliphatic hydroxyl groups excluding tert-OH is 3. The van der Waals surface area contributed by atoms with Crippen LogP contribution in [0.5, 0.6) is 0 Å². The quantitative estimate of drug-likeness (QED) is 0.0144. The third-order valence-electron chi connectivity index (χ3n) is 11.2. The fourth-order valence-corrected chi connectivity index (χ4v) is 8.63. The summed E-state index contributed by atoms with van der Waals surface area (Å²) >= 11 is 0. The first kappa shape index (κ1) is 60.2. The number of Topliss-reactive ketones (excluding diaryl/α,β-unsaturated/α-hetero) is 1. The van der Waals surface area contributed by atoms with Crippen molar-refractivity contribution in [3.05, 3.63) is 24.3 Å². The molecule has 16 nitrogen and oxygen atoms in total.